The van der Waals surface area contributed by atoms with Gasteiger partial charge in [0, 0.05) is 26.4 Å². The van der Waals surface area contributed by atoms with Crippen LogP contribution in [0.15, 0.2) is 11.2 Å². The van der Waals surface area contributed by atoms with Crippen LogP contribution in [0.4, 0.5) is 11.8 Å². The molecule has 0 bridgehead atoms. The third-order valence-corrected chi connectivity index (χ3v) is 7.52. The van der Waals surface area contributed by atoms with E-state index in [0.717, 1.165) is 55.1 Å². The van der Waals surface area contributed by atoms with Gasteiger partial charge in [-0.05, 0) is 30.4 Å². The zero-order valence-electron chi connectivity index (χ0n) is 15.4. The first-order valence-corrected chi connectivity index (χ1v) is 10.8. The van der Waals surface area contributed by atoms with Crippen LogP contribution >= 0.6 is 0 Å². The number of fused-ring (bicyclic) bond motifs is 2. The Balaban J connectivity index is 1.51. The van der Waals surface area contributed by atoms with Crippen molar-refractivity contribution in [1.29, 1.82) is 0 Å². The summed E-state index contributed by atoms with van der Waals surface area (Å²) in [5.74, 6) is 1.92. The summed E-state index contributed by atoms with van der Waals surface area (Å²) in [6, 6.07) is 0. The number of nitrogens with one attached hydrogen (secondary N) is 1. The molecule has 27 heavy (non-hydrogen) atoms. The van der Waals surface area contributed by atoms with Crippen molar-refractivity contribution in [2.75, 3.05) is 29.1 Å². The number of nitrogens with zero attached hydrogens (tertiary/aromatic N) is 5. The molecule has 0 amide bonds. The first kappa shape index (κ1) is 17.3. The number of imidazole rings is 1. The molecular weight excluding hydrogens is 364 g/mol. The number of hydrogen-bond acceptors (Lipinski definition) is 7. The fourth-order valence-corrected chi connectivity index (χ4v) is 5.48. The summed E-state index contributed by atoms with van der Waals surface area (Å²) in [6.07, 6.45) is 6.34. The van der Waals surface area contributed by atoms with Crippen molar-refractivity contribution < 1.29 is 9.66 Å². The van der Waals surface area contributed by atoms with Gasteiger partial charge in [-0.15, -0.1) is 0 Å². The van der Waals surface area contributed by atoms with E-state index in [4.69, 9.17) is 9.97 Å². The first-order chi connectivity index (χ1) is 13.1. The molecule has 5 rings (SSSR count). The van der Waals surface area contributed by atoms with E-state index in [1.165, 1.54) is 5.69 Å². The third kappa shape index (κ3) is 2.79. The largest absolute Gasteiger partial charge is 0.611 e. The lowest BCUT2D eigenvalue weighted by molar-refractivity contribution is 0.143. The maximum atomic E-state index is 12.5. The fraction of sp³-hybridized carbons (Fsp3) is 0.611. The monoisotopic (exact) mass is 388 g/mol. The van der Waals surface area contributed by atoms with E-state index >= 15 is 0 Å². The van der Waals surface area contributed by atoms with Gasteiger partial charge in [-0.25, -0.2) is 9.97 Å². The zero-order valence-corrected chi connectivity index (χ0v) is 16.3. The van der Waals surface area contributed by atoms with Crippen molar-refractivity contribution in [1.82, 2.24) is 19.5 Å². The lowest BCUT2D eigenvalue weighted by atomic mass is 9.77. The summed E-state index contributed by atoms with van der Waals surface area (Å²) < 4.78 is 14.6. The van der Waals surface area contributed by atoms with Crippen LogP contribution in [0.3, 0.4) is 0 Å². The van der Waals surface area contributed by atoms with Crippen molar-refractivity contribution in [3.63, 3.8) is 0 Å². The number of aliphatic hydroxyl groups excluding tert-OH is 1. The molecule has 9 heteroatoms. The van der Waals surface area contributed by atoms with Gasteiger partial charge in [-0.1, -0.05) is 0 Å². The average molecular weight is 388 g/mol. The molecule has 8 nitrogen and oxygen atoms in total. The second kappa shape index (κ2) is 6.35. The van der Waals surface area contributed by atoms with Crippen molar-refractivity contribution in [3.05, 3.63) is 23.4 Å². The summed E-state index contributed by atoms with van der Waals surface area (Å²) in [6.45, 7) is 1.60. The normalized spacial score (nSPS) is 22.9. The molecule has 2 aromatic rings. The predicted molar refractivity (Wildman–Crippen MR) is 102 cm³/mol. The highest BCUT2D eigenvalue weighted by molar-refractivity contribution is 7.91. The van der Waals surface area contributed by atoms with Crippen molar-refractivity contribution in [3.8, 4) is 0 Å². The molecule has 0 aromatic carbocycles. The summed E-state index contributed by atoms with van der Waals surface area (Å²) >= 11 is -1.07. The summed E-state index contributed by atoms with van der Waals surface area (Å²) in [4.78, 5) is 16.9. The fourth-order valence-electron chi connectivity index (χ4n) is 4.17. The minimum atomic E-state index is -1.07. The van der Waals surface area contributed by atoms with Gasteiger partial charge in [0.1, 0.15) is 11.4 Å². The predicted octanol–water partition coefficient (Wildman–Crippen LogP) is 0.763. The van der Waals surface area contributed by atoms with Crippen LogP contribution in [0.1, 0.15) is 36.3 Å². The van der Waals surface area contributed by atoms with Crippen LogP contribution in [0.5, 0.6) is 0 Å². The Labute approximate surface area is 161 Å². The number of hydrogen-bond donors (Lipinski definition) is 2. The molecule has 2 N–H and O–H groups in total. The molecule has 4 heterocycles. The zero-order chi connectivity index (χ0) is 18.6. The lowest BCUT2D eigenvalue weighted by Gasteiger charge is -2.41. The molecule has 0 unspecified atom stereocenters. The smallest absolute Gasteiger partial charge is 0.228 e. The molecule has 1 saturated carbocycles. The third-order valence-electron chi connectivity index (χ3n) is 6.06. The standard InChI is InChI=1S/C18H24N6O2S/c1-23-11-19-12-3-7-24(9-14(12)23)17-20-13-4-8-27(26)15(13)16(21-17)22-18(10-25)5-2-6-18/h11,25H,2-10H2,1H3,(H,20,21,22)/t27-/m1/s1. The Hall–Kier alpha value is -1.84. The van der Waals surface area contributed by atoms with Crippen molar-refractivity contribution in [2.45, 2.75) is 49.1 Å². The van der Waals surface area contributed by atoms with E-state index in [0.29, 0.717) is 23.9 Å². The molecule has 1 atom stereocenters. The maximum absolute atomic E-state index is 12.5. The summed E-state index contributed by atoms with van der Waals surface area (Å²) in [5.41, 5.74) is 2.88. The molecule has 144 valence electrons. The van der Waals surface area contributed by atoms with Gasteiger partial charge in [0.15, 0.2) is 5.82 Å². The maximum Gasteiger partial charge on any atom is 0.228 e. The average Bonchev–Trinajstić information content (AvgIpc) is 3.21. The van der Waals surface area contributed by atoms with Gasteiger partial charge < -0.3 is 24.4 Å². The number of anilines is 2. The Morgan fingerprint density at radius 3 is 2.89 bits per heavy atom. The molecule has 2 aliphatic heterocycles. The van der Waals surface area contributed by atoms with Crippen LogP contribution in [0, 0.1) is 0 Å². The Morgan fingerprint density at radius 2 is 2.15 bits per heavy atom. The Bertz CT molecular complexity index is 875. The Morgan fingerprint density at radius 1 is 1.30 bits per heavy atom. The SMILES string of the molecule is Cn1cnc2c1CN(c1nc3c(c(NC4(CO)CCC4)n1)[S@+]([O-])CC3)CC2. The molecule has 2 aromatic heterocycles. The Kier molecular flexibility index (Phi) is 4.06. The molecule has 3 aliphatic rings. The van der Waals surface area contributed by atoms with Gasteiger partial charge in [0.2, 0.25) is 10.8 Å². The highest BCUT2D eigenvalue weighted by Crippen LogP contribution is 2.39. The number of aromatic nitrogens is 4. The topological polar surface area (TPSA) is 102 Å². The second-order valence-corrected chi connectivity index (χ2v) is 9.29. The van der Waals surface area contributed by atoms with Crippen molar-refractivity contribution >= 4 is 22.9 Å². The number of rotatable bonds is 4. The van der Waals surface area contributed by atoms with E-state index in [9.17, 15) is 9.66 Å². The number of aliphatic hydroxyl groups is 1. The van der Waals surface area contributed by atoms with E-state index < -0.39 is 11.2 Å². The minimum absolute atomic E-state index is 0.0653. The highest BCUT2D eigenvalue weighted by atomic mass is 32.2. The molecule has 0 spiro atoms. The van der Waals surface area contributed by atoms with Gasteiger partial charge >= 0.3 is 0 Å². The quantitative estimate of drug-likeness (QED) is 0.746. The van der Waals surface area contributed by atoms with Crippen LogP contribution in [-0.2, 0) is 37.6 Å². The van der Waals surface area contributed by atoms with Gasteiger partial charge in [0.25, 0.3) is 0 Å². The van der Waals surface area contributed by atoms with Crippen LogP contribution in [0.2, 0.25) is 0 Å². The van der Waals surface area contributed by atoms with E-state index in [-0.39, 0.29) is 12.1 Å². The van der Waals surface area contributed by atoms with Crippen LogP contribution in [-0.4, -0.2) is 53.6 Å². The minimum Gasteiger partial charge on any atom is -0.611 e. The lowest BCUT2D eigenvalue weighted by Crippen LogP contribution is -2.49. The molecular formula is C18H24N6O2S. The number of aryl methyl sites for hydroxylation is 2. The summed E-state index contributed by atoms with van der Waals surface area (Å²) in [5, 5.41) is 13.3. The molecule has 1 fully saturated rings. The van der Waals surface area contributed by atoms with E-state index in [2.05, 4.69) is 19.8 Å². The molecule has 0 saturated heterocycles. The summed E-state index contributed by atoms with van der Waals surface area (Å²) in [7, 11) is 2.01. The molecule has 0 radical (unpaired) electrons. The van der Waals surface area contributed by atoms with Crippen molar-refractivity contribution in [2.24, 2.45) is 7.05 Å². The van der Waals surface area contributed by atoms with Gasteiger partial charge in [-0.2, -0.15) is 4.98 Å². The second-order valence-electron chi connectivity index (χ2n) is 7.79. The van der Waals surface area contributed by atoms with Crippen LogP contribution < -0.4 is 10.2 Å². The van der Waals surface area contributed by atoms with E-state index in [1.54, 1.807) is 0 Å². The highest BCUT2D eigenvalue weighted by Gasteiger charge is 2.41. The van der Waals surface area contributed by atoms with E-state index in [1.807, 2.05) is 13.4 Å². The van der Waals surface area contributed by atoms with Crippen LogP contribution in [0.25, 0.3) is 0 Å². The van der Waals surface area contributed by atoms with Gasteiger partial charge in [-0.3, -0.25) is 0 Å². The first-order valence-electron chi connectivity index (χ1n) is 9.51. The van der Waals surface area contributed by atoms with Gasteiger partial charge in [0.05, 0.1) is 36.4 Å². The molecule has 1 aliphatic carbocycles.